The Balaban J connectivity index is 2.02. The molecule has 0 aliphatic heterocycles. The van der Waals surface area contributed by atoms with Crippen LogP contribution in [-0.2, 0) is 54.3 Å². The molecule has 2 aliphatic carbocycles. The van der Waals surface area contributed by atoms with Crippen LogP contribution in [0.15, 0.2) is 12.1 Å². The molecular formula is C20H24N2O6. The molecule has 150 valence electrons. The number of fused-ring (bicyclic) bond motifs is 3. The Bertz CT molecular complexity index is 809. The molecule has 1 aromatic carbocycles. The summed E-state index contributed by atoms with van der Waals surface area (Å²) < 4.78 is 9.91. The van der Waals surface area contributed by atoms with Gasteiger partial charge in [0.05, 0.1) is 14.2 Å². The summed E-state index contributed by atoms with van der Waals surface area (Å²) in [5.74, 6) is -1.66. The van der Waals surface area contributed by atoms with Crippen LogP contribution in [0.5, 0.6) is 0 Å². The van der Waals surface area contributed by atoms with E-state index in [2.05, 4.69) is 10.6 Å². The molecule has 8 nitrogen and oxygen atoms in total. The van der Waals surface area contributed by atoms with Crippen molar-refractivity contribution < 1.29 is 28.7 Å². The van der Waals surface area contributed by atoms with Crippen LogP contribution < -0.4 is 10.6 Å². The van der Waals surface area contributed by atoms with Gasteiger partial charge in [0.15, 0.2) is 0 Å². The Labute approximate surface area is 163 Å². The van der Waals surface area contributed by atoms with Gasteiger partial charge in [0, 0.05) is 39.5 Å². The lowest BCUT2D eigenvalue weighted by Crippen LogP contribution is -2.56. The third-order valence-electron chi connectivity index (χ3n) is 5.55. The summed E-state index contributed by atoms with van der Waals surface area (Å²) in [6, 6.07) is 3.81. The Hall–Kier alpha value is -2.90. The second kappa shape index (κ2) is 6.92. The Morgan fingerprint density at radius 2 is 1.11 bits per heavy atom. The summed E-state index contributed by atoms with van der Waals surface area (Å²) in [5, 5.41) is 5.51. The number of hydrogen-bond acceptors (Lipinski definition) is 6. The van der Waals surface area contributed by atoms with Crippen molar-refractivity contribution in [2.75, 3.05) is 14.2 Å². The first-order valence-corrected chi connectivity index (χ1v) is 9.03. The molecule has 0 unspecified atom stereocenters. The SMILES string of the molecule is COC(=O)[C@@]1(NC(C)=O)Cc2ccc3c(c2C1)C[C@@](NC(C)=O)(C(=O)OC)C3. The van der Waals surface area contributed by atoms with Crippen molar-refractivity contribution in [2.24, 2.45) is 0 Å². The zero-order valence-corrected chi connectivity index (χ0v) is 16.4. The lowest BCUT2D eigenvalue weighted by Gasteiger charge is -2.27. The quantitative estimate of drug-likeness (QED) is 0.702. The standard InChI is InChI=1S/C20H24N2O6/c1-11(23)21-19(17(25)27-3)7-13-5-6-14-8-20(18(26)28-4,22-12(2)24)10-16(14)15(13)9-19/h5-6H,7-10H2,1-4H3,(H,21,23)(H,22,24)/t19-,20-/m1/s1. The van der Waals surface area contributed by atoms with Crippen molar-refractivity contribution in [3.05, 3.63) is 34.4 Å². The van der Waals surface area contributed by atoms with Gasteiger partial charge in [-0.05, 0) is 22.3 Å². The predicted octanol–water partition coefficient (Wildman–Crippen LogP) is -0.0204. The number of nitrogens with one attached hydrogen (secondary N) is 2. The zero-order valence-electron chi connectivity index (χ0n) is 16.4. The first-order valence-electron chi connectivity index (χ1n) is 9.03. The lowest BCUT2D eigenvalue weighted by atomic mass is 9.92. The van der Waals surface area contributed by atoms with E-state index in [4.69, 9.17) is 9.47 Å². The van der Waals surface area contributed by atoms with Crippen molar-refractivity contribution in [2.45, 2.75) is 50.6 Å². The van der Waals surface area contributed by atoms with E-state index in [-0.39, 0.29) is 24.7 Å². The topological polar surface area (TPSA) is 111 Å². The number of esters is 2. The fourth-order valence-electron chi connectivity index (χ4n) is 4.57. The van der Waals surface area contributed by atoms with Gasteiger partial charge in [-0.15, -0.1) is 0 Å². The fraction of sp³-hybridized carbons (Fsp3) is 0.500. The van der Waals surface area contributed by atoms with E-state index in [1.807, 2.05) is 12.1 Å². The molecule has 3 rings (SSSR count). The minimum atomic E-state index is -1.16. The second-order valence-corrected chi connectivity index (χ2v) is 7.56. The van der Waals surface area contributed by atoms with Crippen molar-refractivity contribution in [1.82, 2.24) is 10.6 Å². The molecule has 0 bridgehead atoms. The van der Waals surface area contributed by atoms with Crippen LogP contribution in [0, 0.1) is 0 Å². The first kappa shape index (κ1) is 19.9. The summed E-state index contributed by atoms with van der Waals surface area (Å²) >= 11 is 0. The smallest absolute Gasteiger partial charge is 0.332 e. The molecule has 1 aromatic rings. The van der Waals surface area contributed by atoms with E-state index in [9.17, 15) is 19.2 Å². The van der Waals surface area contributed by atoms with Gasteiger partial charge in [-0.1, -0.05) is 12.1 Å². The van der Waals surface area contributed by atoms with Crippen molar-refractivity contribution in [3.8, 4) is 0 Å². The van der Waals surface area contributed by atoms with Crippen LogP contribution in [0.1, 0.15) is 36.1 Å². The van der Waals surface area contributed by atoms with Crippen molar-refractivity contribution in [1.29, 1.82) is 0 Å². The zero-order chi connectivity index (χ0) is 20.7. The minimum absolute atomic E-state index is 0.273. The Kier molecular flexibility index (Phi) is 4.91. The number of methoxy groups -OCH3 is 2. The molecule has 2 amide bonds. The van der Waals surface area contributed by atoms with E-state index in [1.54, 1.807) is 0 Å². The van der Waals surface area contributed by atoms with E-state index in [1.165, 1.54) is 28.1 Å². The van der Waals surface area contributed by atoms with Gasteiger partial charge in [0.1, 0.15) is 11.1 Å². The highest BCUT2D eigenvalue weighted by Crippen LogP contribution is 2.41. The van der Waals surface area contributed by atoms with Crippen molar-refractivity contribution >= 4 is 23.8 Å². The summed E-state index contributed by atoms with van der Waals surface area (Å²) in [5.41, 5.74) is 1.33. The number of carbonyl (C=O) groups is 4. The largest absolute Gasteiger partial charge is 0.467 e. The number of ether oxygens (including phenoxy) is 2. The van der Waals surface area contributed by atoms with Crippen LogP contribution in [0.4, 0.5) is 0 Å². The summed E-state index contributed by atoms with van der Waals surface area (Å²) in [6.45, 7) is 2.72. The molecule has 2 N–H and O–H groups in total. The van der Waals surface area contributed by atoms with Gasteiger partial charge in [-0.2, -0.15) is 0 Å². The third kappa shape index (κ3) is 3.12. The maximum atomic E-state index is 12.5. The molecule has 0 radical (unpaired) electrons. The third-order valence-corrected chi connectivity index (χ3v) is 5.55. The van der Waals surface area contributed by atoms with Gasteiger partial charge in [0.2, 0.25) is 11.8 Å². The average molecular weight is 388 g/mol. The molecule has 0 spiro atoms. The van der Waals surface area contributed by atoms with E-state index < -0.39 is 23.0 Å². The Morgan fingerprint density at radius 3 is 1.39 bits per heavy atom. The van der Waals surface area contributed by atoms with Gasteiger partial charge in [0.25, 0.3) is 0 Å². The maximum Gasteiger partial charge on any atom is 0.332 e. The van der Waals surface area contributed by atoms with Crippen molar-refractivity contribution in [3.63, 3.8) is 0 Å². The van der Waals surface area contributed by atoms with Crippen LogP contribution in [-0.4, -0.2) is 49.1 Å². The summed E-state index contributed by atoms with van der Waals surface area (Å²) in [4.78, 5) is 48.5. The van der Waals surface area contributed by atoms with Crippen LogP contribution in [0.2, 0.25) is 0 Å². The highest BCUT2D eigenvalue weighted by molar-refractivity contribution is 5.91. The predicted molar refractivity (Wildman–Crippen MR) is 98.4 cm³/mol. The van der Waals surface area contributed by atoms with Gasteiger partial charge in [-0.3, -0.25) is 9.59 Å². The molecule has 2 aliphatic rings. The summed E-state index contributed by atoms with van der Waals surface area (Å²) in [7, 11) is 2.58. The second-order valence-electron chi connectivity index (χ2n) is 7.56. The number of carbonyl (C=O) groups excluding carboxylic acids is 4. The van der Waals surface area contributed by atoms with Crippen LogP contribution >= 0.6 is 0 Å². The fourth-order valence-corrected chi connectivity index (χ4v) is 4.57. The molecule has 8 heteroatoms. The lowest BCUT2D eigenvalue weighted by molar-refractivity contribution is -0.150. The average Bonchev–Trinajstić information content (AvgIpc) is 3.18. The van der Waals surface area contributed by atoms with Crippen LogP contribution in [0.25, 0.3) is 0 Å². The molecule has 0 saturated carbocycles. The normalized spacial score (nSPS) is 24.7. The molecule has 28 heavy (non-hydrogen) atoms. The van der Waals surface area contributed by atoms with Gasteiger partial charge in [-0.25, -0.2) is 9.59 Å². The van der Waals surface area contributed by atoms with Crippen LogP contribution in [0.3, 0.4) is 0 Å². The highest BCUT2D eigenvalue weighted by Gasteiger charge is 2.51. The number of benzene rings is 1. The molecule has 0 aromatic heterocycles. The molecular weight excluding hydrogens is 364 g/mol. The highest BCUT2D eigenvalue weighted by atomic mass is 16.5. The molecule has 2 atom stereocenters. The maximum absolute atomic E-state index is 12.5. The van der Waals surface area contributed by atoms with Gasteiger partial charge < -0.3 is 20.1 Å². The number of amides is 2. The first-order chi connectivity index (χ1) is 13.2. The number of rotatable bonds is 4. The van der Waals surface area contributed by atoms with E-state index in [0.717, 1.165) is 22.3 Å². The van der Waals surface area contributed by atoms with E-state index in [0.29, 0.717) is 12.8 Å². The Morgan fingerprint density at radius 1 is 0.750 bits per heavy atom. The molecule has 0 saturated heterocycles. The van der Waals surface area contributed by atoms with Gasteiger partial charge >= 0.3 is 11.9 Å². The molecule has 0 heterocycles. The monoisotopic (exact) mass is 388 g/mol. The molecule has 0 fully saturated rings. The summed E-state index contributed by atoms with van der Waals surface area (Å²) in [6.07, 6.45) is 1.17. The minimum Gasteiger partial charge on any atom is -0.467 e. The number of hydrogen-bond donors (Lipinski definition) is 2. The van der Waals surface area contributed by atoms with E-state index >= 15 is 0 Å².